The molecule has 1 aromatic carbocycles. The van der Waals surface area contributed by atoms with Gasteiger partial charge in [0.05, 0.1) is 26.4 Å². The normalized spacial score (nSPS) is 12.5. The van der Waals surface area contributed by atoms with Crippen molar-refractivity contribution >= 4 is 29.5 Å². The molecule has 2 heterocycles. The molecule has 0 unspecified atom stereocenters. The molecule has 0 bridgehead atoms. The van der Waals surface area contributed by atoms with E-state index in [0.717, 1.165) is 0 Å². The number of hydrogen-bond acceptors (Lipinski definition) is 9. The van der Waals surface area contributed by atoms with Crippen molar-refractivity contribution in [3.8, 4) is 17.2 Å². The first-order valence-corrected chi connectivity index (χ1v) is 14.4. The van der Waals surface area contributed by atoms with Crippen LogP contribution in [0.25, 0.3) is 0 Å². The van der Waals surface area contributed by atoms with Gasteiger partial charge in [0, 0.05) is 43.1 Å². The molecule has 0 aliphatic carbocycles. The highest BCUT2D eigenvalue weighted by atomic mass is 16.5. The maximum Gasteiger partial charge on any atom is 0.303 e. The molecule has 2 aromatic rings. The number of ketones is 1. The maximum absolute atomic E-state index is 13.7. The molecule has 238 valence electrons. The highest BCUT2D eigenvalue weighted by Gasteiger charge is 2.32. The summed E-state index contributed by atoms with van der Waals surface area (Å²) in [4.78, 5) is 54.0. The van der Waals surface area contributed by atoms with Crippen molar-refractivity contribution in [2.45, 2.75) is 65.3 Å². The van der Waals surface area contributed by atoms with Crippen molar-refractivity contribution in [2.75, 3.05) is 33.4 Å². The third kappa shape index (κ3) is 8.45. The third-order valence-electron chi connectivity index (χ3n) is 6.80. The monoisotopic (exact) mass is 612 g/mol. The van der Waals surface area contributed by atoms with Gasteiger partial charge in [-0.25, -0.2) is 4.98 Å². The number of ether oxygens (including phenoxy) is 3. The number of carbonyl (C=O) groups is 4. The number of hydrogen-bond donors (Lipinski definition) is 4. The first-order chi connectivity index (χ1) is 20.8. The molecule has 3 rings (SSSR count). The number of fused-ring (bicyclic) bond motifs is 1. The number of nitrogens with zero attached hydrogens (tertiary/aromatic N) is 2. The van der Waals surface area contributed by atoms with Crippen LogP contribution in [0.4, 0.5) is 0 Å². The number of carboxylic acid groups (broad SMARTS) is 2. The molecule has 13 nitrogen and oxygen atoms in total. The highest BCUT2D eigenvalue weighted by molar-refractivity contribution is 6.05. The van der Waals surface area contributed by atoms with Crippen LogP contribution in [0.15, 0.2) is 18.2 Å². The molecular formula is C31H40N4O9. The number of benzene rings is 1. The Morgan fingerprint density at radius 1 is 0.977 bits per heavy atom. The van der Waals surface area contributed by atoms with Crippen molar-refractivity contribution in [3.63, 3.8) is 0 Å². The minimum atomic E-state index is -0.961. The summed E-state index contributed by atoms with van der Waals surface area (Å²) in [5, 5.41) is 29.2. The molecule has 4 N–H and O–H groups in total. The zero-order valence-corrected chi connectivity index (χ0v) is 25.7. The number of aromatic nitrogens is 1. The van der Waals surface area contributed by atoms with E-state index >= 15 is 0 Å². The second-order valence-corrected chi connectivity index (χ2v) is 11.3. The number of Topliss-reactive ketones (excluding diaryl/α,β-unsaturated/α-hetero) is 1. The molecule has 1 aliphatic rings. The summed E-state index contributed by atoms with van der Waals surface area (Å²) in [7, 11) is 1.48. The summed E-state index contributed by atoms with van der Waals surface area (Å²) in [5.41, 5.74) is 1.46. The van der Waals surface area contributed by atoms with E-state index in [2.05, 4.69) is 10.3 Å². The molecule has 0 atom stereocenters. The summed E-state index contributed by atoms with van der Waals surface area (Å²) in [6, 6.07) is 4.92. The van der Waals surface area contributed by atoms with Crippen LogP contribution in [0.2, 0.25) is 0 Å². The van der Waals surface area contributed by atoms with Gasteiger partial charge in [-0.1, -0.05) is 20.8 Å². The number of carbonyl (C=O) groups excluding carboxylic acids is 2. The molecular weight excluding hydrogens is 572 g/mol. The van der Waals surface area contributed by atoms with Crippen molar-refractivity contribution in [1.29, 1.82) is 5.41 Å². The van der Waals surface area contributed by atoms with Crippen molar-refractivity contribution < 1.29 is 43.6 Å². The van der Waals surface area contributed by atoms with E-state index in [4.69, 9.17) is 29.8 Å². The van der Waals surface area contributed by atoms with Crippen LogP contribution in [0.1, 0.15) is 91.0 Å². The van der Waals surface area contributed by atoms with Crippen LogP contribution >= 0.6 is 0 Å². The fourth-order valence-corrected chi connectivity index (χ4v) is 4.62. The molecule has 1 aliphatic heterocycles. The second-order valence-electron chi connectivity index (χ2n) is 11.3. The van der Waals surface area contributed by atoms with Gasteiger partial charge in [-0.05, 0) is 43.4 Å². The predicted molar refractivity (Wildman–Crippen MR) is 160 cm³/mol. The largest absolute Gasteiger partial charge is 0.491 e. The SMILES string of the molecule is CCOc1cc2c(nc1C(=O)NC)C(=N)N(CC(=O)c1cc(OCCCC(=O)O)c(OCCCC(=O)O)c(C(C)(C)C)c1)C2. The number of amides is 1. The average Bonchev–Trinajstić information content (AvgIpc) is 3.25. The van der Waals surface area contributed by atoms with E-state index in [-0.39, 0.29) is 75.0 Å². The first kappa shape index (κ1) is 33.8. The number of aliphatic carboxylic acids is 2. The van der Waals surface area contributed by atoms with Crippen molar-refractivity contribution in [2.24, 2.45) is 0 Å². The molecule has 13 heteroatoms. The first-order valence-electron chi connectivity index (χ1n) is 14.4. The van der Waals surface area contributed by atoms with E-state index in [0.29, 0.717) is 40.5 Å². The number of amidine groups is 1. The molecule has 0 fully saturated rings. The lowest BCUT2D eigenvalue weighted by atomic mass is 9.84. The van der Waals surface area contributed by atoms with Gasteiger partial charge >= 0.3 is 11.9 Å². The molecule has 0 spiro atoms. The molecule has 0 radical (unpaired) electrons. The van der Waals surface area contributed by atoms with E-state index in [1.54, 1.807) is 24.0 Å². The summed E-state index contributed by atoms with van der Waals surface area (Å²) < 4.78 is 17.6. The van der Waals surface area contributed by atoms with E-state index in [1.165, 1.54) is 13.1 Å². The lowest BCUT2D eigenvalue weighted by Crippen LogP contribution is -2.31. The molecule has 44 heavy (non-hydrogen) atoms. The summed E-state index contributed by atoms with van der Waals surface area (Å²) in [5.74, 6) is -1.75. The van der Waals surface area contributed by atoms with Gasteiger partial charge < -0.3 is 34.6 Å². The Balaban J connectivity index is 1.92. The zero-order chi connectivity index (χ0) is 32.6. The van der Waals surface area contributed by atoms with E-state index in [1.807, 2.05) is 20.8 Å². The van der Waals surface area contributed by atoms with Gasteiger partial charge in [-0.15, -0.1) is 0 Å². The van der Waals surface area contributed by atoms with E-state index in [9.17, 15) is 19.2 Å². The summed E-state index contributed by atoms with van der Waals surface area (Å²) in [6.45, 7) is 8.15. The van der Waals surface area contributed by atoms with Gasteiger partial charge in [-0.2, -0.15) is 0 Å². The number of carboxylic acids is 2. The van der Waals surface area contributed by atoms with Crippen LogP contribution in [-0.4, -0.2) is 83.0 Å². The van der Waals surface area contributed by atoms with Gasteiger partial charge in [0.2, 0.25) is 0 Å². The Labute approximate surface area is 256 Å². The lowest BCUT2D eigenvalue weighted by molar-refractivity contribution is -0.138. The van der Waals surface area contributed by atoms with Crippen LogP contribution in [-0.2, 0) is 21.5 Å². The molecule has 0 saturated carbocycles. The minimum absolute atomic E-state index is 0.00104. The summed E-state index contributed by atoms with van der Waals surface area (Å²) in [6.07, 6.45) is 0.314. The summed E-state index contributed by atoms with van der Waals surface area (Å²) >= 11 is 0. The number of pyridine rings is 1. The fraction of sp³-hybridized carbons (Fsp3) is 0.484. The lowest BCUT2D eigenvalue weighted by Gasteiger charge is -2.26. The predicted octanol–water partition coefficient (Wildman–Crippen LogP) is 3.65. The topological polar surface area (TPSA) is 188 Å². The Kier molecular flexibility index (Phi) is 11.3. The minimum Gasteiger partial charge on any atom is -0.491 e. The molecule has 1 aromatic heterocycles. The fourth-order valence-electron chi connectivity index (χ4n) is 4.62. The average molecular weight is 613 g/mol. The Morgan fingerprint density at radius 3 is 2.18 bits per heavy atom. The third-order valence-corrected chi connectivity index (χ3v) is 6.80. The van der Waals surface area contributed by atoms with Crippen LogP contribution in [0.5, 0.6) is 17.2 Å². The smallest absolute Gasteiger partial charge is 0.303 e. The number of rotatable bonds is 16. The second kappa shape index (κ2) is 14.7. The van der Waals surface area contributed by atoms with Crippen LogP contribution < -0.4 is 19.5 Å². The van der Waals surface area contributed by atoms with Gasteiger partial charge in [0.25, 0.3) is 5.91 Å². The van der Waals surface area contributed by atoms with Crippen LogP contribution in [0, 0.1) is 5.41 Å². The zero-order valence-electron chi connectivity index (χ0n) is 25.7. The van der Waals surface area contributed by atoms with Gasteiger partial charge in [0.15, 0.2) is 28.7 Å². The Bertz CT molecular complexity index is 1430. The van der Waals surface area contributed by atoms with Crippen LogP contribution in [0.3, 0.4) is 0 Å². The maximum atomic E-state index is 13.7. The van der Waals surface area contributed by atoms with Crippen molar-refractivity contribution in [1.82, 2.24) is 15.2 Å². The van der Waals surface area contributed by atoms with Gasteiger partial charge in [0.1, 0.15) is 11.5 Å². The molecule has 0 saturated heterocycles. The van der Waals surface area contributed by atoms with Gasteiger partial charge in [-0.3, -0.25) is 24.6 Å². The molecule has 1 amide bonds. The quantitative estimate of drug-likeness (QED) is 0.160. The standard InChI is InChI=1S/C31H40N4O9/c1-6-42-22-15-19-16-35(29(32)26(19)34-27(22)30(41)33-5)17-21(36)18-13-20(31(2,3)4)28(44-12-8-10-25(39)40)23(14-18)43-11-7-9-24(37)38/h13-15,32H,6-12,16-17H2,1-5H3,(H,33,41)(H,37,38)(H,39,40). The Hall–Kier alpha value is -4.68. The Morgan fingerprint density at radius 2 is 1.61 bits per heavy atom. The van der Waals surface area contributed by atoms with Crippen molar-refractivity contribution in [3.05, 3.63) is 46.3 Å². The number of nitrogens with one attached hydrogen (secondary N) is 2. The van der Waals surface area contributed by atoms with E-state index < -0.39 is 23.3 Å². The highest BCUT2D eigenvalue weighted by Crippen LogP contribution is 2.40.